The first kappa shape index (κ1) is 12.8. The van der Waals surface area contributed by atoms with Gasteiger partial charge in [0, 0.05) is 27.3 Å². The fourth-order valence-corrected chi connectivity index (χ4v) is 2.02. The van der Waals surface area contributed by atoms with Crippen LogP contribution in [0.5, 0.6) is 0 Å². The summed E-state index contributed by atoms with van der Waals surface area (Å²) < 4.78 is 12.0. The summed E-state index contributed by atoms with van der Waals surface area (Å²) in [4.78, 5) is 17.5. The van der Waals surface area contributed by atoms with Crippen LogP contribution >= 0.6 is 0 Å². The lowest BCUT2D eigenvalue weighted by Crippen LogP contribution is -2.33. The van der Waals surface area contributed by atoms with Crippen molar-refractivity contribution < 1.29 is 14.3 Å². The van der Waals surface area contributed by atoms with Gasteiger partial charge >= 0.3 is 0 Å². The molecule has 18 heavy (non-hydrogen) atoms. The van der Waals surface area contributed by atoms with Gasteiger partial charge in [-0.2, -0.15) is 0 Å². The van der Waals surface area contributed by atoms with E-state index in [9.17, 15) is 4.79 Å². The Morgan fingerprint density at radius 1 is 1.44 bits per heavy atom. The first-order valence-electron chi connectivity index (χ1n) is 5.62. The summed E-state index contributed by atoms with van der Waals surface area (Å²) in [6.07, 6.45) is 1.27. The number of nitrogen functional groups attached to an aromatic ring is 1. The number of anilines is 1. The van der Waals surface area contributed by atoms with E-state index in [0.29, 0.717) is 13.1 Å². The van der Waals surface area contributed by atoms with Gasteiger partial charge in [0.1, 0.15) is 25.1 Å². The maximum absolute atomic E-state index is 12.0. The smallest absolute Gasteiger partial charge is 0.244 e. The molecule has 1 fully saturated rings. The first-order valence-corrected chi connectivity index (χ1v) is 5.62. The molecule has 0 saturated carbocycles. The van der Waals surface area contributed by atoms with Crippen molar-refractivity contribution in [2.24, 2.45) is 0 Å². The molecule has 1 aliphatic heterocycles. The highest BCUT2D eigenvalue weighted by atomic mass is 16.5. The molecule has 0 spiro atoms. The van der Waals surface area contributed by atoms with Gasteiger partial charge < -0.3 is 20.1 Å². The van der Waals surface area contributed by atoms with Crippen molar-refractivity contribution in [1.82, 2.24) is 19.7 Å². The van der Waals surface area contributed by atoms with Gasteiger partial charge in [0.2, 0.25) is 11.9 Å². The van der Waals surface area contributed by atoms with Crippen LogP contribution in [0.4, 0.5) is 5.95 Å². The van der Waals surface area contributed by atoms with Crippen LogP contribution in [0.2, 0.25) is 0 Å². The van der Waals surface area contributed by atoms with Gasteiger partial charge in [-0.1, -0.05) is 0 Å². The molecule has 0 aliphatic carbocycles. The predicted molar refractivity (Wildman–Crippen MR) is 62.6 cm³/mol. The second kappa shape index (κ2) is 5.32. The lowest BCUT2D eigenvalue weighted by Gasteiger charge is -2.15. The van der Waals surface area contributed by atoms with E-state index >= 15 is 0 Å². The predicted octanol–water partition coefficient (Wildman–Crippen LogP) is -1.27. The number of likely N-dealkylation sites (tertiary alicyclic amines) is 1. The molecule has 0 bridgehead atoms. The molecule has 2 unspecified atom stereocenters. The number of rotatable bonds is 4. The van der Waals surface area contributed by atoms with Crippen molar-refractivity contribution >= 4 is 11.9 Å². The number of amides is 1. The summed E-state index contributed by atoms with van der Waals surface area (Å²) in [6, 6.07) is 0. The molecule has 1 aromatic heterocycles. The summed E-state index contributed by atoms with van der Waals surface area (Å²) in [5.41, 5.74) is 5.39. The Labute approximate surface area is 105 Å². The number of nitrogens with two attached hydrogens (primary N) is 1. The second-order valence-electron chi connectivity index (χ2n) is 4.15. The van der Waals surface area contributed by atoms with Crippen LogP contribution in [0.15, 0.2) is 6.33 Å². The summed E-state index contributed by atoms with van der Waals surface area (Å²) in [5, 5.41) is 3.87. The third-order valence-corrected chi connectivity index (χ3v) is 3.02. The molecule has 0 aromatic carbocycles. The highest BCUT2D eigenvalue weighted by Gasteiger charge is 2.35. The topological polar surface area (TPSA) is 95.5 Å². The largest absolute Gasteiger partial charge is 0.377 e. The number of carbonyl (C=O) groups is 1. The standard InChI is InChI=1S/C10H17N5O3/c1-17-7-3-14(4-8(7)18-2)9(16)5-15-6-12-10(11)13-15/h6-8H,3-5H2,1-2H3,(H2,11,13). The van der Waals surface area contributed by atoms with Gasteiger partial charge in [0.15, 0.2) is 0 Å². The number of nitrogens with zero attached hydrogens (tertiary/aromatic N) is 4. The van der Waals surface area contributed by atoms with Gasteiger partial charge in [-0.3, -0.25) is 4.79 Å². The molecule has 1 amide bonds. The second-order valence-corrected chi connectivity index (χ2v) is 4.15. The fourth-order valence-electron chi connectivity index (χ4n) is 2.02. The van der Waals surface area contributed by atoms with E-state index in [2.05, 4.69) is 10.1 Å². The molecule has 2 rings (SSSR count). The average Bonchev–Trinajstić information content (AvgIpc) is 2.95. The number of methoxy groups -OCH3 is 2. The maximum Gasteiger partial charge on any atom is 0.244 e. The lowest BCUT2D eigenvalue weighted by atomic mass is 10.3. The van der Waals surface area contributed by atoms with E-state index in [-0.39, 0.29) is 30.6 Å². The minimum absolute atomic E-state index is 0.0542. The minimum Gasteiger partial charge on any atom is -0.377 e. The summed E-state index contributed by atoms with van der Waals surface area (Å²) in [5.74, 6) is 0.107. The van der Waals surface area contributed by atoms with E-state index in [1.807, 2.05) is 0 Å². The van der Waals surface area contributed by atoms with Crippen LogP contribution in [-0.4, -0.2) is 65.1 Å². The number of carbonyl (C=O) groups excluding carboxylic acids is 1. The van der Waals surface area contributed by atoms with Crippen LogP contribution in [-0.2, 0) is 20.8 Å². The van der Waals surface area contributed by atoms with Gasteiger partial charge in [-0.15, -0.1) is 5.10 Å². The minimum atomic E-state index is -0.0836. The van der Waals surface area contributed by atoms with Gasteiger partial charge in [-0.05, 0) is 0 Å². The third kappa shape index (κ3) is 2.59. The monoisotopic (exact) mass is 255 g/mol. The molecule has 1 aromatic rings. The summed E-state index contributed by atoms with van der Waals surface area (Å²) in [6.45, 7) is 1.17. The van der Waals surface area contributed by atoms with Crippen LogP contribution < -0.4 is 5.73 Å². The van der Waals surface area contributed by atoms with Crippen molar-refractivity contribution in [3.05, 3.63) is 6.33 Å². The molecular formula is C10H17N5O3. The molecule has 100 valence electrons. The zero-order valence-corrected chi connectivity index (χ0v) is 10.4. The van der Waals surface area contributed by atoms with E-state index in [1.54, 1.807) is 19.1 Å². The number of hydrogen-bond acceptors (Lipinski definition) is 6. The van der Waals surface area contributed by atoms with E-state index < -0.39 is 0 Å². The van der Waals surface area contributed by atoms with E-state index in [1.165, 1.54) is 11.0 Å². The molecular weight excluding hydrogens is 238 g/mol. The Morgan fingerprint density at radius 3 is 2.50 bits per heavy atom. The van der Waals surface area contributed by atoms with E-state index in [0.717, 1.165) is 0 Å². The Hall–Kier alpha value is -1.67. The Bertz CT molecular complexity index is 409. The zero-order chi connectivity index (χ0) is 13.1. The summed E-state index contributed by atoms with van der Waals surface area (Å²) >= 11 is 0. The third-order valence-electron chi connectivity index (χ3n) is 3.02. The van der Waals surface area contributed by atoms with Crippen LogP contribution in [0.1, 0.15) is 0 Å². The fraction of sp³-hybridized carbons (Fsp3) is 0.700. The maximum atomic E-state index is 12.0. The van der Waals surface area contributed by atoms with Gasteiger partial charge in [0.05, 0.1) is 0 Å². The number of hydrogen-bond donors (Lipinski definition) is 1. The normalized spacial score (nSPS) is 23.6. The Balaban J connectivity index is 1.94. The van der Waals surface area contributed by atoms with Crippen LogP contribution in [0.3, 0.4) is 0 Å². The molecule has 0 radical (unpaired) electrons. The molecule has 2 atom stereocenters. The highest BCUT2D eigenvalue weighted by Crippen LogP contribution is 2.16. The van der Waals surface area contributed by atoms with Crippen molar-refractivity contribution in [1.29, 1.82) is 0 Å². The van der Waals surface area contributed by atoms with Crippen molar-refractivity contribution in [3.63, 3.8) is 0 Å². The molecule has 1 saturated heterocycles. The summed E-state index contributed by atoms with van der Waals surface area (Å²) in [7, 11) is 3.23. The van der Waals surface area contributed by atoms with Crippen molar-refractivity contribution in [3.8, 4) is 0 Å². The molecule has 8 heteroatoms. The quantitative estimate of drug-likeness (QED) is 0.721. The van der Waals surface area contributed by atoms with Gasteiger partial charge in [0.25, 0.3) is 0 Å². The average molecular weight is 255 g/mol. The Kier molecular flexibility index (Phi) is 3.78. The molecule has 8 nitrogen and oxygen atoms in total. The molecule has 2 heterocycles. The number of ether oxygens (including phenoxy) is 2. The molecule has 1 aliphatic rings. The Morgan fingerprint density at radius 2 is 2.06 bits per heavy atom. The zero-order valence-electron chi connectivity index (χ0n) is 10.4. The highest BCUT2D eigenvalue weighted by molar-refractivity contribution is 5.76. The first-order chi connectivity index (χ1) is 8.63. The van der Waals surface area contributed by atoms with E-state index in [4.69, 9.17) is 15.2 Å². The van der Waals surface area contributed by atoms with Crippen LogP contribution in [0, 0.1) is 0 Å². The number of aromatic nitrogens is 3. The van der Waals surface area contributed by atoms with Crippen LogP contribution in [0.25, 0.3) is 0 Å². The van der Waals surface area contributed by atoms with Gasteiger partial charge in [-0.25, -0.2) is 9.67 Å². The van der Waals surface area contributed by atoms with Crippen molar-refractivity contribution in [2.45, 2.75) is 18.8 Å². The van der Waals surface area contributed by atoms with Crippen molar-refractivity contribution in [2.75, 3.05) is 33.0 Å². The SMILES string of the molecule is COC1CN(C(=O)Cn2cnc(N)n2)CC1OC. The lowest BCUT2D eigenvalue weighted by molar-refractivity contribution is -0.131. The molecule has 2 N–H and O–H groups in total.